The van der Waals surface area contributed by atoms with Crippen molar-refractivity contribution in [1.29, 1.82) is 0 Å². The molecule has 22 heavy (non-hydrogen) atoms. The maximum atomic E-state index is 9.92. The van der Waals surface area contributed by atoms with Crippen LogP contribution in [0, 0.1) is 0 Å². The number of aromatic hydroxyl groups is 1. The van der Waals surface area contributed by atoms with E-state index in [0.717, 1.165) is 5.75 Å². The smallest absolute Gasteiger partial charge is 0.169 e. The molecule has 1 unspecified atom stereocenters. The molecule has 2 nitrogen and oxygen atoms in total. The van der Waals surface area contributed by atoms with Gasteiger partial charge in [-0.15, -0.1) is 0 Å². The molecule has 0 radical (unpaired) electrons. The molecule has 0 spiro atoms. The number of hydrogen-bond donors (Lipinski definition) is 1. The van der Waals surface area contributed by atoms with Crippen LogP contribution in [-0.4, -0.2) is 5.11 Å². The number of phenolic OH excluding ortho intramolecular Hbond substituents is 1. The molecule has 1 atom stereocenters. The number of ether oxygens (including phenoxy) is 1. The van der Waals surface area contributed by atoms with Crippen molar-refractivity contribution in [2.24, 2.45) is 0 Å². The Labute approximate surface area is 133 Å². The summed E-state index contributed by atoms with van der Waals surface area (Å²) in [6.07, 6.45) is 5.96. The van der Waals surface area contributed by atoms with Crippen LogP contribution >= 0.6 is 0 Å². The van der Waals surface area contributed by atoms with E-state index in [0.29, 0.717) is 11.7 Å². The van der Waals surface area contributed by atoms with Crippen molar-refractivity contribution in [1.82, 2.24) is 0 Å². The first-order chi connectivity index (χ1) is 10.8. The summed E-state index contributed by atoms with van der Waals surface area (Å²) in [5.41, 5.74) is 1.25. The Morgan fingerprint density at radius 1 is 0.864 bits per heavy atom. The Hall–Kier alpha value is -1.96. The van der Waals surface area contributed by atoms with E-state index in [9.17, 15) is 5.11 Å². The zero-order valence-corrected chi connectivity index (χ0v) is 13.6. The molecule has 0 fully saturated rings. The van der Waals surface area contributed by atoms with Crippen LogP contribution < -0.4 is 4.74 Å². The molecule has 2 heteroatoms. The van der Waals surface area contributed by atoms with Crippen molar-refractivity contribution >= 4 is 0 Å². The van der Waals surface area contributed by atoms with Gasteiger partial charge >= 0.3 is 0 Å². The molecule has 0 heterocycles. The Bertz CT molecular complexity index is 577. The molecule has 0 saturated heterocycles. The minimum absolute atomic E-state index is 0.179. The first-order valence-electron chi connectivity index (χ1n) is 8.31. The van der Waals surface area contributed by atoms with E-state index >= 15 is 0 Å². The van der Waals surface area contributed by atoms with Gasteiger partial charge in [-0.3, -0.25) is 0 Å². The first-order valence-corrected chi connectivity index (χ1v) is 8.31. The van der Waals surface area contributed by atoms with Crippen LogP contribution in [0.25, 0.3) is 0 Å². The monoisotopic (exact) mass is 298 g/mol. The normalized spacial score (nSPS) is 12.1. The summed E-state index contributed by atoms with van der Waals surface area (Å²) in [5, 5.41) is 9.92. The lowest BCUT2D eigenvalue weighted by atomic mass is 9.89. The number of rotatable bonds is 8. The van der Waals surface area contributed by atoms with Crippen molar-refractivity contribution in [3.8, 4) is 17.2 Å². The van der Waals surface area contributed by atoms with Gasteiger partial charge in [-0.05, 0) is 42.5 Å². The van der Waals surface area contributed by atoms with Gasteiger partial charge in [-0.2, -0.15) is 0 Å². The van der Waals surface area contributed by atoms with Crippen molar-refractivity contribution in [2.75, 3.05) is 0 Å². The van der Waals surface area contributed by atoms with Gasteiger partial charge in [-0.25, -0.2) is 0 Å². The summed E-state index contributed by atoms with van der Waals surface area (Å²) in [6, 6.07) is 15.3. The van der Waals surface area contributed by atoms with Gasteiger partial charge in [0.25, 0.3) is 0 Å². The van der Waals surface area contributed by atoms with Crippen LogP contribution in [0.4, 0.5) is 0 Å². The van der Waals surface area contributed by atoms with E-state index in [1.54, 1.807) is 18.2 Å². The zero-order valence-electron chi connectivity index (χ0n) is 13.6. The van der Waals surface area contributed by atoms with Crippen molar-refractivity contribution < 1.29 is 9.84 Å². The van der Waals surface area contributed by atoms with Crippen LogP contribution in [-0.2, 0) is 0 Å². The van der Waals surface area contributed by atoms with Crippen LogP contribution in [0.5, 0.6) is 17.2 Å². The number of unbranched alkanes of at least 4 members (excludes halogenated alkanes) is 1. The summed E-state index contributed by atoms with van der Waals surface area (Å²) < 4.78 is 6.00. The molecular formula is C20H26O2. The molecule has 2 rings (SSSR count). The van der Waals surface area contributed by atoms with Gasteiger partial charge in [0, 0.05) is 0 Å². The largest absolute Gasteiger partial charge is 0.504 e. The quantitative estimate of drug-likeness (QED) is 0.623. The fourth-order valence-electron chi connectivity index (χ4n) is 2.83. The third-order valence-corrected chi connectivity index (χ3v) is 3.99. The molecule has 0 aromatic heterocycles. The van der Waals surface area contributed by atoms with E-state index in [2.05, 4.69) is 26.0 Å². The topological polar surface area (TPSA) is 29.5 Å². The molecule has 2 aromatic carbocycles. The summed E-state index contributed by atoms with van der Waals surface area (Å²) in [4.78, 5) is 0. The van der Waals surface area contributed by atoms with Gasteiger partial charge in [0.15, 0.2) is 11.5 Å². The maximum Gasteiger partial charge on any atom is 0.169 e. The maximum absolute atomic E-state index is 9.92. The van der Waals surface area contributed by atoms with Gasteiger partial charge < -0.3 is 9.84 Å². The van der Waals surface area contributed by atoms with Crippen LogP contribution in [0.3, 0.4) is 0 Å². The highest BCUT2D eigenvalue weighted by molar-refractivity contribution is 5.45. The standard InChI is InChI=1S/C20H26O2/c1-3-5-11-16(10-4-2)17-12-6-8-14-19(17)22-20-15-9-7-13-18(20)21/h6-9,12-16,21H,3-5,10-11H2,1-2H3. The van der Waals surface area contributed by atoms with E-state index in [1.165, 1.54) is 37.7 Å². The molecule has 0 aliphatic carbocycles. The van der Waals surface area contributed by atoms with E-state index in [1.807, 2.05) is 18.2 Å². The second-order valence-corrected chi connectivity index (χ2v) is 5.74. The van der Waals surface area contributed by atoms with Crippen molar-refractivity contribution in [3.05, 3.63) is 54.1 Å². The molecule has 0 bridgehead atoms. The van der Waals surface area contributed by atoms with E-state index in [4.69, 9.17) is 4.74 Å². The third kappa shape index (κ3) is 4.27. The lowest BCUT2D eigenvalue weighted by Crippen LogP contribution is -2.01. The molecule has 118 valence electrons. The molecule has 0 saturated carbocycles. The molecule has 0 aliphatic rings. The van der Waals surface area contributed by atoms with Gasteiger partial charge in [0.2, 0.25) is 0 Å². The molecule has 2 aromatic rings. The second kappa shape index (κ2) is 8.47. The zero-order chi connectivity index (χ0) is 15.8. The Balaban J connectivity index is 2.26. The van der Waals surface area contributed by atoms with Crippen LogP contribution in [0.15, 0.2) is 48.5 Å². The number of phenols is 1. The first kappa shape index (κ1) is 16.4. The SMILES string of the molecule is CCCCC(CCC)c1ccccc1Oc1ccccc1O. The fraction of sp³-hybridized carbons (Fsp3) is 0.400. The second-order valence-electron chi connectivity index (χ2n) is 5.74. The number of hydrogen-bond acceptors (Lipinski definition) is 2. The Kier molecular flexibility index (Phi) is 6.32. The predicted octanol–water partition coefficient (Wildman–Crippen LogP) is 6.26. The average Bonchev–Trinajstić information content (AvgIpc) is 2.54. The minimum Gasteiger partial charge on any atom is -0.504 e. The number of benzene rings is 2. The highest BCUT2D eigenvalue weighted by atomic mass is 16.5. The van der Waals surface area contributed by atoms with E-state index < -0.39 is 0 Å². The van der Waals surface area contributed by atoms with Crippen LogP contribution in [0.1, 0.15) is 57.4 Å². The lowest BCUT2D eigenvalue weighted by molar-refractivity contribution is 0.403. The summed E-state index contributed by atoms with van der Waals surface area (Å²) in [6.45, 7) is 4.46. The predicted molar refractivity (Wildman–Crippen MR) is 91.8 cm³/mol. The van der Waals surface area contributed by atoms with Gasteiger partial charge in [0.1, 0.15) is 5.75 Å². The van der Waals surface area contributed by atoms with Gasteiger partial charge in [0.05, 0.1) is 0 Å². The summed E-state index contributed by atoms with van der Waals surface area (Å²) in [5.74, 6) is 2.07. The number of para-hydroxylation sites is 3. The molecule has 0 amide bonds. The Morgan fingerprint density at radius 3 is 2.23 bits per heavy atom. The summed E-state index contributed by atoms with van der Waals surface area (Å²) >= 11 is 0. The van der Waals surface area contributed by atoms with Gasteiger partial charge in [-0.1, -0.05) is 63.4 Å². The van der Waals surface area contributed by atoms with Crippen molar-refractivity contribution in [3.63, 3.8) is 0 Å². The van der Waals surface area contributed by atoms with Crippen LogP contribution in [0.2, 0.25) is 0 Å². The highest BCUT2D eigenvalue weighted by Gasteiger charge is 2.16. The highest BCUT2D eigenvalue weighted by Crippen LogP contribution is 2.38. The molecule has 1 N–H and O–H groups in total. The van der Waals surface area contributed by atoms with E-state index in [-0.39, 0.29) is 5.75 Å². The molecule has 0 aliphatic heterocycles. The average molecular weight is 298 g/mol. The summed E-state index contributed by atoms with van der Waals surface area (Å²) in [7, 11) is 0. The fourth-order valence-corrected chi connectivity index (χ4v) is 2.83. The lowest BCUT2D eigenvalue weighted by Gasteiger charge is -2.20. The molecular weight excluding hydrogens is 272 g/mol. The Morgan fingerprint density at radius 2 is 1.55 bits per heavy atom. The minimum atomic E-state index is 0.179. The third-order valence-electron chi connectivity index (χ3n) is 3.99. The van der Waals surface area contributed by atoms with Crippen molar-refractivity contribution in [2.45, 2.75) is 51.9 Å².